The first-order valence-corrected chi connectivity index (χ1v) is 10.3. The lowest BCUT2D eigenvalue weighted by molar-refractivity contribution is -0.119. The Balaban J connectivity index is 2.28. The number of aryl methyl sites for hydroxylation is 1. The van der Waals surface area contributed by atoms with Gasteiger partial charge in [-0.25, -0.2) is 4.98 Å². The highest BCUT2D eigenvalue weighted by molar-refractivity contribution is 7.99. The van der Waals surface area contributed by atoms with E-state index >= 15 is 0 Å². The zero-order valence-electron chi connectivity index (χ0n) is 14.7. The van der Waals surface area contributed by atoms with Crippen LogP contribution in [0.15, 0.2) is 16.0 Å². The highest BCUT2D eigenvalue weighted by Gasteiger charge is 2.15. The Bertz CT molecular complexity index is 767. The van der Waals surface area contributed by atoms with Gasteiger partial charge < -0.3 is 5.32 Å². The van der Waals surface area contributed by atoms with Crippen LogP contribution in [0, 0.1) is 0 Å². The quantitative estimate of drug-likeness (QED) is 0.573. The minimum atomic E-state index is -0.0211. The molecule has 0 aliphatic carbocycles. The molecule has 2 aromatic heterocycles. The van der Waals surface area contributed by atoms with Gasteiger partial charge in [-0.3, -0.25) is 14.2 Å². The minimum absolute atomic E-state index is 0.00244. The number of hydrogen-bond donors (Lipinski definition) is 1. The molecule has 0 fully saturated rings. The predicted molar refractivity (Wildman–Crippen MR) is 102 cm³/mol. The van der Waals surface area contributed by atoms with Gasteiger partial charge in [-0.1, -0.05) is 32.5 Å². The molecule has 5 nitrogen and oxygen atoms in total. The molecular formula is C17H25N3O2S2. The van der Waals surface area contributed by atoms with E-state index in [2.05, 4.69) is 17.2 Å². The molecule has 2 aromatic rings. The van der Waals surface area contributed by atoms with Gasteiger partial charge in [0.1, 0.15) is 4.83 Å². The number of aromatic nitrogens is 2. The first-order valence-electron chi connectivity index (χ1n) is 8.45. The van der Waals surface area contributed by atoms with Gasteiger partial charge in [0.25, 0.3) is 5.56 Å². The average Bonchev–Trinajstić information content (AvgIpc) is 2.99. The van der Waals surface area contributed by atoms with E-state index in [4.69, 9.17) is 0 Å². The Morgan fingerprint density at radius 1 is 1.42 bits per heavy atom. The lowest BCUT2D eigenvalue weighted by Gasteiger charge is -2.13. The van der Waals surface area contributed by atoms with Crippen molar-refractivity contribution >= 4 is 39.2 Å². The first kappa shape index (κ1) is 19.0. The zero-order valence-corrected chi connectivity index (χ0v) is 16.4. The number of amides is 1. The summed E-state index contributed by atoms with van der Waals surface area (Å²) in [4.78, 5) is 31.4. The highest BCUT2D eigenvalue weighted by atomic mass is 32.2. The number of carbonyl (C=O) groups is 1. The van der Waals surface area contributed by atoms with Crippen LogP contribution in [-0.4, -0.2) is 27.3 Å². The normalized spacial score (nSPS) is 12.5. The molecule has 0 aromatic carbocycles. The minimum Gasteiger partial charge on any atom is -0.353 e. The maximum atomic E-state index is 12.8. The van der Waals surface area contributed by atoms with E-state index in [0.29, 0.717) is 17.1 Å². The molecular weight excluding hydrogens is 342 g/mol. The standard InChI is InChI=1S/C17H25N3O2S2/c1-5-8-20-16(22)13-9-12(7-3)24-15(13)19-17(20)23-10-14(21)18-11(4)6-2/h9,11H,5-8,10H2,1-4H3,(H,18,21)/t11-/m1/s1. The molecule has 0 radical (unpaired) electrons. The SMILES string of the molecule is CCCn1c(SCC(=O)N[C@H](C)CC)nc2sc(CC)cc2c1=O. The summed E-state index contributed by atoms with van der Waals surface area (Å²) in [6, 6.07) is 2.11. The Labute approximate surface area is 150 Å². The molecule has 2 rings (SSSR count). The van der Waals surface area contributed by atoms with Crippen molar-refractivity contribution in [3.8, 4) is 0 Å². The van der Waals surface area contributed by atoms with Crippen molar-refractivity contribution in [3.05, 3.63) is 21.3 Å². The van der Waals surface area contributed by atoms with Crippen LogP contribution in [0.4, 0.5) is 0 Å². The second-order valence-electron chi connectivity index (χ2n) is 5.80. The summed E-state index contributed by atoms with van der Waals surface area (Å²) in [6.45, 7) is 8.75. The van der Waals surface area contributed by atoms with Gasteiger partial charge >= 0.3 is 0 Å². The monoisotopic (exact) mass is 367 g/mol. The van der Waals surface area contributed by atoms with Crippen LogP contribution >= 0.6 is 23.1 Å². The molecule has 0 unspecified atom stereocenters. The third kappa shape index (κ3) is 4.39. The summed E-state index contributed by atoms with van der Waals surface area (Å²) < 4.78 is 1.70. The average molecular weight is 368 g/mol. The molecule has 0 spiro atoms. The third-order valence-electron chi connectivity index (χ3n) is 3.81. The van der Waals surface area contributed by atoms with E-state index in [0.717, 1.165) is 29.0 Å². The van der Waals surface area contributed by atoms with Crippen LogP contribution in [-0.2, 0) is 17.8 Å². The van der Waals surface area contributed by atoms with E-state index in [1.807, 2.05) is 26.8 Å². The van der Waals surface area contributed by atoms with Crippen LogP contribution in [0.3, 0.4) is 0 Å². The molecule has 0 aliphatic rings. The predicted octanol–water partition coefficient (Wildman–Crippen LogP) is 3.44. The van der Waals surface area contributed by atoms with E-state index in [-0.39, 0.29) is 23.3 Å². The summed E-state index contributed by atoms with van der Waals surface area (Å²) in [7, 11) is 0. The number of hydrogen-bond acceptors (Lipinski definition) is 5. The maximum Gasteiger partial charge on any atom is 0.262 e. The van der Waals surface area contributed by atoms with Gasteiger partial charge in [0.15, 0.2) is 5.16 Å². The van der Waals surface area contributed by atoms with Gasteiger partial charge in [-0.05, 0) is 32.3 Å². The first-order chi connectivity index (χ1) is 11.5. The topological polar surface area (TPSA) is 64.0 Å². The molecule has 0 aliphatic heterocycles. The Morgan fingerprint density at radius 3 is 2.79 bits per heavy atom. The molecule has 0 saturated heterocycles. The van der Waals surface area contributed by atoms with E-state index < -0.39 is 0 Å². The summed E-state index contributed by atoms with van der Waals surface area (Å²) >= 11 is 2.90. The number of thiophene rings is 1. The van der Waals surface area contributed by atoms with Crippen molar-refractivity contribution in [1.29, 1.82) is 0 Å². The fourth-order valence-electron chi connectivity index (χ4n) is 2.30. The van der Waals surface area contributed by atoms with Crippen LogP contribution in [0.1, 0.15) is 45.4 Å². The zero-order chi connectivity index (χ0) is 17.7. The van der Waals surface area contributed by atoms with Crippen LogP contribution in [0.2, 0.25) is 0 Å². The Kier molecular flexibility index (Phi) is 6.86. The van der Waals surface area contributed by atoms with Gasteiger partial charge in [0, 0.05) is 17.5 Å². The molecule has 0 saturated carbocycles. The smallest absolute Gasteiger partial charge is 0.262 e. The summed E-state index contributed by atoms with van der Waals surface area (Å²) in [5.74, 6) is 0.255. The van der Waals surface area contributed by atoms with Gasteiger partial charge in [0.05, 0.1) is 11.1 Å². The van der Waals surface area contributed by atoms with Crippen molar-refractivity contribution in [2.45, 2.75) is 64.7 Å². The number of carbonyl (C=O) groups excluding carboxylic acids is 1. The molecule has 132 valence electrons. The van der Waals surface area contributed by atoms with Crippen LogP contribution in [0.5, 0.6) is 0 Å². The second-order valence-corrected chi connectivity index (χ2v) is 7.86. The maximum absolute atomic E-state index is 12.8. The number of thioether (sulfide) groups is 1. The molecule has 1 amide bonds. The second kappa shape index (κ2) is 8.67. The molecule has 24 heavy (non-hydrogen) atoms. The summed E-state index contributed by atoms with van der Waals surface area (Å²) in [5, 5.41) is 4.27. The number of rotatable bonds is 8. The fourth-order valence-corrected chi connectivity index (χ4v) is 4.15. The molecule has 1 N–H and O–H groups in total. The lowest BCUT2D eigenvalue weighted by Crippen LogP contribution is -2.33. The van der Waals surface area contributed by atoms with E-state index in [1.165, 1.54) is 11.8 Å². The highest BCUT2D eigenvalue weighted by Crippen LogP contribution is 2.25. The summed E-state index contributed by atoms with van der Waals surface area (Å²) in [6.07, 6.45) is 2.65. The third-order valence-corrected chi connectivity index (χ3v) is 5.96. The Hall–Kier alpha value is -1.34. The molecule has 0 bridgehead atoms. The fraction of sp³-hybridized carbons (Fsp3) is 0.588. The Morgan fingerprint density at radius 2 is 2.17 bits per heavy atom. The molecule has 2 heterocycles. The van der Waals surface area contributed by atoms with Crippen molar-refractivity contribution in [2.24, 2.45) is 0 Å². The van der Waals surface area contributed by atoms with Gasteiger partial charge in [-0.2, -0.15) is 0 Å². The number of fused-ring (bicyclic) bond motifs is 1. The number of nitrogens with zero attached hydrogens (tertiary/aromatic N) is 2. The molecule has 1 atom stereocenters. The largest absolute Gasteiger partial charge is 0.353 e. The van der Waals surface area contributed by atoms with Crippen molar-refractivity contribution < 1.29 is 4.79 Å². The molecule has 7 heteroatoms. The summed E-state index contributed by atoms with van der Waals surface area (Å²) in [5.41, 5.74) is 0.00244. The van der Waals surface area contributed by atoms with Gasteiger partial charge in [0.2, 0.25) is 5.91 Å². The lowest BCUT2D eigenvalue weighted by atomic mass is 10.3. The van der Waals surface area contributed by atoms with E-state index in [9.17, 15) is 9.59 Å². The van der Waals surface area contributed by atoms with E-state index in [1.54, 1.807) is 15.9 Å². The van der Waals surface area contributed by atoms with Crippen molar-refractivity contribution in [1.82, 2.24) is 14.9 Å². The van der Waals surface area contributed by atoms with Crippen LogP contribution in [0.25, 0.3) is 10.2 Å². The van der Waals surface area contributed by atoms with Crippen LogP contribution < -0.4 is 10.9 Å². The van der Waals surface area contributed by atoms with Crippen molar-refractivity contribution in [3.63, 3.8) is 0 Å². The van der Waals surface area contributed by atoms with Gasteiger partial charge in [-0.15, -0.1) is 11.3 Å². The number of nitrogens with one attached hydrogen (secondary N) is 1. The van der Waals surface area contributed by atoms with Crippen molar-refractivity contribution in [2.75, 3.05) is 5.75 Å².